The number of carbonyl (C=O) groups excluding carboxylic acids is 1. The Morgan fingerprint density at radius 1 is 1.25 bits per heavy atom. The lowest BCUT2D eigenvalue weighted by atomic mass is 10.3. The Morgan fingerprint density at radius 2 is 2.06 bits per heavy atom. The first-order valence-electron chi connectivity index (χ1n) is 5.85. The molecular formula is C12H20N2OS. The second-order valence-corrected chi connectivity index (χ2v) is 4.79. The summed E-state index contributed by atoms with van der Waals surface area (Å²) in [5, 5.41) is 6.15. The summed E-state index contributed by atoms with van der Waals surface area (Å²) in [6.07, 6.45) is 2.12. The van der Waals surface area contributed by atoms with Gasteiger partial charge in [0.2, 0.25) is 0 Å². The molecule has 0 saturated heterocycles. The van der Waals surface area contributed by atoms with Crippen LogP contribution >= 0.6 is 11.3 Å². The fourth-order valence-electron chi connectivity index (χ4n) is 1.34. The van der Waals surface area contributed by atoms with Gasteiger partial charge in [-0.05, 0) is 31.5 Å². The molecule has 0 aliphatic rings. The Balaban J connectivity index is 2.24. The molecule has 1 heterocycles. The zero-order valence-electron chi connectivity index (χ0n) is 10.0. The SMILES string of the molecule is CCCNCCNC(=O)c1ccc(CC)s1. The summed E-state index contributed by atoms with van der Waals surface area (Å²) in [7, 11) is 0. The molecule has 0 aliphatic carbocycles. The third-order valence-corrected chi connectivity index (χ3v) is 3.48. The van der Waals surface area contributed by atoms with Crippen molar-refractivity contribution in [1.82, 2.24) is 10.6 Å². The van der Waals surface area contributed by atoms with Gasteiger partial charge < -0.3 is 10.6 Å². The minimum Gasteiger partial charge on any atom is -0.350 e. The van der Waals surface area contributed by atoms with E-state index < -0.39 is 0 Å². The Kier molecular flexibility index (Phi) is 6.11. The van der Waals surface area contributed by atoms with Crippen molar-refractivity contribution in [1.29, 1.82) is 0 Å². The van der Waals surface area contributed by atoms with E-state index in [1.165, 1.54) is 4.88 Å². The molecule has 1 aromatic rings. The molecule has 0 bridgehead atoms. The lowest BCUT2D eigenvalue weighted by molar-refractivity contribution is 0.0958. The number of thiophene rings is 1. The molecule has 0 saturated carbocycles. The van der Waals surface area contributed by atoms with Gasteiger partial charge in [-0.15, -0.1) is 11.3 Å². The smallest absolute Gasteiger partial charge is 0.261 e. The number of hydrogen-bond acceptors (Lipinski definition) is 3. The topological polar surface area (TPSA) is 41.1 Å². The number of aryl methyl sites for hydroxylation is 1. The van der Waals surface area contributed by atoms with Crippen molar-refractivity contribution in [3.63, 3.8) is 0 Å². The van der Waals surface area contributed by atoms with Crippen molar-refractivity contribution < 1.29 is 4.79 Å². The summed E-state index contributed by atoms with van der Waals surface area (Å²) in [6, 6.07) is 3.92. The van der Waals surface area contributed by atoms with Crippen LogP contribution in [-0.4, -0.2) is 25.5 Å². The number of rotatable bonds is 7. The second kappa shape index (κ2) is 7.41. The predicted octanol–water partition coefficient (Wildman–Crippen LogP) is 2.04. The van der Waals surface area contributed by atoms with Gasteiger partial charge in [0.25, 0.3) is 5.91 Å². The van der Waals surface area contributed by atoms with Crippen molar-refractivity contribution in [2.75, 3.05) is 19.6 Å². The van der Waals surface area contributed by atoms with Crippen LogP contribution in [0.4, 0.5) is 0 Å². The van der Waals surface area contributed by atoms with Crippen LogP contribution < -0.4 is 10.6 Å². The molecule has 0 aromatic carbocycles. The highest BCUT2D eigenvalue weighted by molar-refractivity contribution is 7.14. The van der Waals surface area contributed by atoms with Gasteiger partial charge in [0.15, 0.2) is 0 Å². The Labute approximate surface area is 101 Å². The first-order valence-corrected chi connectivity index (χ1v) is 6.67. The van der Waals surface area contributed by atoms with Crippen molar-refractivity contribution in [2.45, 2.75) is 26.7 Å². The maximum absolute atomic E-state index is 11.7. The van der Waals surface area contributed by atoms with Gasteiger partial charge in [-0.2, -0.15) is 0 Å². The average molecular weight is 240 g/mol. The fraction of sp³-hybridized carbons (Fsp3) is 0.583. The molecular weight excluding hydrogens is 220 g/mol. The van der Waals surface area contributed by atoms with E-state index >= 15 is 0 Å². The van der Waals surface area contributed by atoms with Crippen LogP contribution in [-0.2, 0) is 6.42 Å². The lowest BCUT2D eigenvalue weighted by Crippen LogP contribution is -2.31. The quantitative estimate of drug-likeness (QED) is 0.716. The van der Waals surface area contributed by atoms with E-state index in [-0.39, 0.29) is 5.91 Å². The van der Waals surface area contributed by atoms with E-state index in [9.17, 15) is 4.79 Å². The summed E-state index contributed by atoms with van der Waals surface area (Å²) < 4.78 is 0. The highest BCUT2D eigenvalue weighted by Gasteiger charge is 2.07. The molecule has 0 fully saturated rings. The number of amides is 1. The Bertz CT molecular complexity index is 323. The molecule has 90 valence electrons. The summed E-state index contributed by atoms with van der Waals surface area (Å²) in [5.74, 6) is 0.0444. The summed E-state index contributed by atoms with van der Waals surface area (Å²) in [6.45, 7) is 6.77. The standard InChI is InChI=1S/C12H20N2OS/c1-3-7-13-8-9-14-12(15)11-6-5-10(4-2)16-11/h5-6,13H,3-4,7-9H2,1-2H3,(H,14,15). The first kappa shape index (κ1) is 13.2. The maximum Gasteiger partial charge on any atom is 0.261 e. The fourth-order valence-corrected chi connectivity index (χ4v) is 2.21. The van der Waals surface area contributed by atoms with Crippen LogP contribution in [0, 0.1) is 0 Å². The van der Waals surface area contributed by atoms with E-state index in [0.29, 0.717) is 6.54 Å². The van der Waals surface area contributed by atoms with Gasteiger partial charge in [0.05, 0.1) is 4.88 Å². The van der Waals surface area contributed by atoms with Gasteiger partial charge in [-0.25, -0.2) is 0 Å². The van der Waals surface area contributed by atoms with Crippen LogP contribution in [0.2, 0.25) is 0 Å². The molecule has 0 unspecified atom stereocenters. The predicted molar refractivity (Wildman–Crippen MR) is 69.2 cm³/mol. The van der Waals surface area contributed by atoms with Crippen LogP contribution in [0.3, 0.4) is 0 Å². The lowest BCUT2D eigenvalue weighted by Gasteiger charge is -2.04. The number of hydrogen-bond donors (Lipinski definition) is 2. The molecule has 0 atom stereocenters. The van der Waals surface area contributed by atoms with E-state index in [0.717, 1.165) is 30.8 Å². The Morgan fingerprint density at radius 3 is 2.69 bits per heavy atom. The summed E-state index contributed by atoms with van der Waals surface area (Å²) in [5.41, 5.74) is 0. The zero-order chi connectivity index (χ0) is 11.8. The van der Waals surface area contributed by atoms with E-state index in [2.05, 4.69) is 24.5 Å². The zero-order valence-corrected chi connectivity index (χ0v) is 10.8. The maximum atomic E-state index is 11.7. The molecule has 1 amide bonds. The molecule has 3 nitrogen and oxygen atoms in total. The third kappa shape index (κ3) is 4.33. The highest BCUT2D eigenvalue weighted by Crippen LogP contribution is 2.16. The van der Waals surface area contributed by atoms with Gasteiger partial charge >= 0.3 is 0 Å². The molecule has 1 rings (SSSR count). The molecule has 1 aromatic heterocycles. The van der Waals surface area contributed by atoms with Crippen LogP contribution in [0.1, 0.15) is 34.8 Å². The molecule has 0 radical (unpaired) electrons. The van der Waals surface area contributed by atoms with Crippen molar-refractivity contribution in [2.24, 2.45) is 0 Å². The summed E-state index contributed by atoms with van der Waals surface area (Å²) in [4.78, 5) is 13.7. The number of nitrogens with one attached hydrogen (secondary N) is 2. The van der Waals surface area contributed by atoms with E-state index in [1.807, 2.05) is 12.1 Å². The van der Waals surface area contributed by atoms with Crippen LogP contribution in [0.5, 0.6) is 0 Å². The molecule has 2 N–H and O–H groups in total. The molecule has 4 heteroatoms. The van der Waals surface area contributed by atoms with E-state index in [1.54, 1.807) is 11.3 Å². The van der Waals surface area contributed by atoms with Crippen molar-refractivity contribution in [3.05, 3.63) is 21.9 Å². The van der Waals surface area contributed by atoms with Crippen molar-refractivity contribution >= 4 is 17.2 Å². The van der Waals surface area contributed by atoms with E-state index in [4.69, 9.17) is 0 Å². The largest absolute Gasteiger partial charge is 0.350 e. The minimum absolute atomic E-state index is 0.0444. The monoisotopic (exact) mass is 240 g/mol. The normalized spacial score (nSPS) is 10.4. The van der Waals surface area contributed by atoms with Gasteiger partial charge in [0.1, 0.15) is 0 Å². The van der Waals surface area contributed by atoms with Gasteiger partial charge in [-0.3, -0.25) is 4.79 Å². The second-order valence-electron chi connectivity index (χ2n) is 3.63. The van der Waals surface area contributed by atoms with Crippen LogP contribution in [0.15, 0.2) is 12.1 Å². The average Bonchev–Trinajstić information content (AvgIpc) is 2.77. The van der Waals surface area contributed by atoms with Gasteiger partial charge in [0, 0.05) is 18.0 Å². The highest BCUT2D eigenvalue weighted by atomic mass is 32.1. The molecule has 16 heavy (non-hydrogen) atoms. The Hall–Kier alpha value is -0.870. The molecule has 0 aliphatic heterocycles. The first-order chi connectivity index (χ1) is 7.77. The number of carbonyl (C=O) groups is 1. The van der Waals surface area contributed by atoms with Gasteiger partial charge in [-0.1, -0.05) is 13.8 Å². The minimum atomic E-state index is 0.0444. The van der Waals surface area contributed by atoms with Crippen LogP contribution in [0.25, 0.3) is 0 Å². The summed E-state index contributed by atoms with van der Waals surface area (Å²) >= 11 is 1.58. The van der Waals surface area contributed by atoms with Crippen molar-refractivity contribution in [3.8, 4) is 0 Å². The molecule has 0 spiro atoms. The third-order valence-electron chi connectivity index (χ3n) is 2.25.